The van der Waals surface area contributed by atoms with Crippen LogP contribution in [0.5, 0.6) is 11.5 Å². The van der Waals surface area contributed by atoms with E-state index in [4.69, 9.17) is 13.9 Å². The third-order valence-corrected chi connectivity index (χ3v) is 4.32. The van der Waals surface area contributed by atoms with Gasteiger partial charge >= 0.3 is 5.97 Å². The number of methoxy groups -OCH3 is 1. The van der Waals surface area contributed by atoms with Gasteiger partial charge in [-0.25, -0.2) is 4.79 Å². The molecule has 0 saturated carbocycles. The van der Waals surface area contributed by atoms with Crippen molar-refractivity contribution in [3.63, 3.8) is 0 Å². The Morgan fingerprint density at radius 2 is 1.89 bits per heavy atom. The number of rotatable bonds is 6. The van der Waals surface area contributed by atoms with Crippen LogP contribution in [0.3, 0.4) is 0 Å². The third kappa shape index (κ3) is 3.65. The zero-order valence-corrected chi connectivity index (χ0v) is 15.3. The number of aryl methyl sites for hydroxylation is 1. The average Bonchev–Trinajstić information content (AvgIpc) is 2.69. The Bertz CT molecular complexity index is 1030. The normalized spacial score (nSPS) is 12.0. The standard InChI is InChI=1S/C21H20O6/c1-4-13-5-10-17-16(11-13)18(22)20(26-12(2)21(23)24)19(27-17)14-6-8-15(25-3)9-7-14/h5-12H,4H2,1-3H3,(H,23,24)/t12-/m1/s1. The first-order chi connectivity index (χ1) is 12.9. The number of carboxylic acids is 1. The van der Waals surface area contributed by atoms with Crippen molar-refractivity contribution >= 4 is 16.9 Å². The molecule has 0 aliphatic heterocycles. The maximum Gasteiger partial charge on any atom is 0.344 e. The maximum atomic E-state index is 13.1. The molecule has 1 aromatic heterocycles. The van der Waals surface area contributed by atoms with Crippen LogP contribution in [0.25, 0.3) is 22.3 Å². The van der Waals surface area contributed by atoms with E-state index in [0.717, 1.165) is 12.0 Å². The molecule has 0 fully saturated rings. The lowest BCUT2D eigenvalue weighted by Crippen LogP contribution is -2.26. The Morgan fingerprint density at radius 1 is 1.19 bits per heavy atom. The van der Waals surface area contributed by atoms with Crippen LogP contribution in [-0.4, -0.2) is 24.3 Å². The van der Waals surface area contributed by atoms with E-state index >= 15 is 0 Å². The summed E-state index contributed by atoms with van der Waals surface area (Å²) < 4.78 is 16.6. The fourth-order valence-electron chi connectivity index (χ4n) is 2.71. The van der Waals surface area contributed by atoms with Crippen LogP contribution >= 0.6 is 0 Å². The lowest BCUT2D eigenvalue weighted by atomic mass is 10.1. The van der Waals surface area contributed by atoms with Crippen LogP contribution in [0.15, 0.2) is 51.7 Å². The van der Waals surface area contributed by atoms with Crippen LogP contribution in [-0.2, 0) is 11.2 Å². The van der Waals surface area contributed by atoms with Crippen LogP contribution in [0.4, 0.5) is 0 Å². The summed E-state index contributed by atoms with van der Waals surface area (Å²) in [4.78, 5) is 24.3. The summed E-state index contributed by atoms with van der Waals surface area (Å²) in [6, 6.07) is 12.3. The molecule has 0 aliphatic carbocycles. The predicted molar refractivity (Wildman–Crippen MR) is 102 cm³/mol. The summed E-state index contributed by atoms with van der Waals surface area (Å²) in [5.74, 6) is -0.448. The number of aliphatic carboxylic acids is 1. The van der Waals surface area contributed by atoms with Gasteiger partial charge in [-0.2, -0.15) is 0 Å². The Hall–Kier alpha value is -3.28. The van der Waals surface area contributed by atoms with E-state index in [1.807, 2.05) is 13.0 Å². The quantitative estimate of drug-likeness (QED) is 0.710. The Labute approximate surface area is 156 Å². The molecule has 6 heteroatoms. The lowest BCUT2D eigenvalue weighted by molar-refractivity contribution is -0.144. The van der Waals surface area contributed by atoms with Crippen LogP contribution in [0, 0.1) is 0 Å². The Balaban J connectivity index is 2.25. The molecule has 3 rings (SSSR count). The van der Waals surface area contributed by atoms with Crippen molar-refractivity contribution < 1.29 is 23.8 Å². The summed E-state index contributed by atoms with van der Waals surface area (Å²) in [6.07, 6.45) is -0.436. The van der Waals surface area contributed by atoms with Crippen LogP contribution in [0.1, 0.15) is 19.4 Å². The number of fused-ring (bicyclic) bond motifs is 1. The number of carbonyl (C=O) groups is 1. The highest BCUT2D eigenvalue weighted by molar-refractivity contribution is 5.83. The molecule has 0 spiro atoms. The van der Waals surface area contributed by atoms with Gasteiger partial charge in [-0.3, -0.25) is 4.79 Å². The second-order valence-corrected chi connectivity index (χ2v) is 6.10. The summed E-state index contributed by atoms with van der Waals surface area (Å²) in [5.41, 5.74) is 1.58. The minimum atomic E-state index is -1.20. The van der Waals surface area contributed by atoms with Crippen molar-refractivity contribution in [1.29, 1.82) is 0 Å². The smallest absolute Gasteiger partial charge is 0.344 e. The second kappa shape index (κ2) is 7.53. The number of benzene rings is 2. The molecule has 27 heavy (non-hydrogen) atoms. The molecule has 6 nitrogen and oxygen atoms in total. The van der Waals surface area contributed by atoms with E-state index in [-0.39, 0.29) is 11.5 Å². The first-order valence-electron chi connectivity index (χ1n) is 8.58. The molecule has 0 saturated heterocycles. The van der Waals surface area contributed by atoms with E-state index in [2.05, 4.69) is 0 Å². The first kappa shape index (κ1) is 18.5. The maximum absolute atomic E-state index is 13.1. The Kier molecular flexibility index (Phi) is 5.16. The van der Waals surface area contributed by atoms with E-state index in [0.29, 0.717) is 22.3 Å². The number of carboxylic acid groups (broad SMARTS) is 1. The van der Waals surface area contributed by atoms with Gasteiger partial charge in [-0.05, 0) is 55.3 Å². The third-order valence-electron chi connectivity index (χ3n) is 4.32. The van der Waals surface area contributed by atoms with Gasteiger partial charge in [0.15, 0.2) is 11.9 Å². The SMILES string of the molecule is CCc1ccc2oc(-c3ccc(OC)cc3)c(O[C@H](C)C(=O)O)c(=O)c2c1. The molecule has 0 unspecified atom stereocenters. The van der Waals surface area contributed by atoms with Crippen molar-refractivity contribution in [3.8, 4) is 22.8 Å². The number of hydrogen-bond donors (Lipinski definition) is 1. The largest absolute Gasteiger partial charge is 0.497 e. The Morgan fingerprint density at radius 3 is 2.48 bits per heavy atom. The summed E-state index contributed by atoms with van der Waals surface area (Å²) >= 11 is 0. The van der Waals surface area contributed by atoms with Crippen LogP contribution in [0.2, 0.25) is 0 Å². The molecule has 0 amide bonds. The van der Waals surface area contributed by atoms with Gasteiger partial charge in [-0.1, -0.05) is 13.0 Å². The van der Waals surface area contributed by atoms with Crippen molar-refractivity contribution in [2.24, 2.45) is 0 Å². The molecule has 2 aromatic carbocycles. The molecule has 140 valence electrons. The van der Waals surface area contributed by atoms with E-state index < -0.39 is 17.5 Å². The van der Waals surface area contributed by atoms with Crippen molar-refractivity contribution in [2.45, 2.75) is 26.4 Å². The summed E-state index contributed by atoms with van der Waals surface area (Å²) in [5, 5.41) is 9.55. The van der Waals surface area contributed by atoms with Gasteiger partial charge in [0.05, 0.1) is 12.5 Å². The van der Waals surface area contributed by atoms with E-state index in [1.165, 1.54) is 6.92 Å². The van der Waals surface area contributed by atoms with Gasteiger partial charge < -0.3 is 19.0 Å². The fraction of sp³-hybridized carbons (Fsp3) is 0.238. The van der Waals surface area contributed by atoms with Crippen LogP contribution < -0.4 is 14.9 Å². The topological polar surface area (TPSA) is 86.0 Å². The molecule has 1 heterocycles. The molecule has 1 N–H and O–H groups in total. The van der Waals surface area contributed by atoms with Gasteiger partial charge in [0.1, 0.15) is 11.3 Å². The van der Waals surface area contributed by atoms with Gasteiger partial charge in [0.2, 0.25) is 11.2 Å². The van der Waals surface area contributed by atoms with Gasteiger partial charge in [-0.15, -0.1) is 0 Å². The van der Waals surface area contributed by atoms with Gasteiger partial charge in [0, 0.05) is 5.56 Å². The van der Waals surface area contributed by atoms with Crippen molar-refractivity contribution in [1.82, 2.24) is 0 Å². The van der Waals surface area contributed by atoms with Crippen molar-refractivity contribution in [3.05, 3.63) is 58.3 Å². The highest BCUT2D eigenvalue weighted by Crippen LogP contribution is 2.32. The average molecular weight is 368 g/mol. The monoisotopic (exact) mass is 368 g/mol. The number of hydrogen-bond acceptors (Lipinski definition) is 5. The predicted octanol–water partition coefficient (Wildman–Crippen LogP) is 3.88. The molecule has 0 radical (unpaired) electrons. The molecule has 0 bridgehead atoms. The minimum absolute atomic E-state index is 0.115. The van der Waals surface area contributed by atoms with Crippen molar-refractivity contribution in [2.75, 3.05) is 7.11 Å². The van der Waals surface area contributed by atoms with E-state index in [1.54, 1.807) is 43.5 Å². The molecular formula is C21H20O6. The second-order valence-electron chi connectivity index (χ2n) is 6.10. The summed E-state index contributed by atoms with van der Waals surface area (Å²) in [6.45, 7) is 3.35. The zero-order chi connectivity index (χ0) is 19.6. The zero-order valence-electron chi connectivity index (χ0n) is 15.3. The highest BCUT2D eigenvalue weighted by Gasteiger charge is 2.22. The molecular weight excluding hydrogens is 348 g/mol. The lowest BCUT2D eigenvalue weighted by Gasteiger charge is -2.14. The van der Waals surface area contributed by atoms with Gasteiger partial charge in [0.25, 0.3) is 0 Å². The molecule has 3 aromatic rings. The molecule has 1 atom stereocenters. The highest BCUT2D eigenvalue weighted by atomic mass is 16.5. The molecule has 0 aliphatic rings. The summed E-state index contributed by atoms with van der Waals surface area (Å²) in [7, 11) is 1.56. The first-order valence-corrected chi connectivity index (χ1v) is 8.58. The minimum Gasteiger partial charge on any atom is -0.497 e. The fourth-order valence-corrected chi connectivity index (χ4v) is 2.71. The van der Waals surface area contributed by atoms with E-state index in [9.17, 15) is 14.7 Å². The number of ether oxygens (including phenoxy) is 2.